The summed E-state index contributed by atoms with van der Waals surface area (Å²) in [6.45, 7) is 4.15. The second-order valence-electron chi connectivity index (χ2n) is 7.51. The van der Waals surface area contributed by atoms with Crippen molar-refractivity contribution in [3.8, 4) is 23.0 Å². The fraction of sp³-hybridized carbons (Fsp3) is 0.360. The molecule has 2 aromatic carbocycles. The van der Waals surface area contributed by atoms with Crippen molar-refractivity contribution < 1.29 is 24.1 Å². The highest BCUT2D eigenvalue weighted by molar-refractivity contribution is 5.89. The molecule has 170 valence electrons. The van der Waals surface area contributed by atoms with Crippen LogP contribution in [0, 0.1) is 0 Å². The number of anilines is 1. The van der Waals surface area contributed by atoms with E-state index in [4.69, 9.17) is 14.2 Å². The molecule has 0 aliphatic heterocycles. The first kappa shape index (κ1) is 23.2. The van der Waals surface area contributed by atoms with E-state index < -0.39 is 6.09 Å². The van der Waals surface area contributed by atoms with Crippen molar-refractivity contribution in [1.82, 2.24) is 4.98 Å². The van der Waals surface area contributed by atoms with Crippen LogP contribution in [0.25, 0.3) is 10.9 Å². The Hall–Kier alpha value is -3.48. The van der Waals surface area contributed by atoms with Gasteiger partial charge >= 0.3 is 6.09 Å². The lowest BCUT2D eigenvalue weighted by molar-refractivity contribution is 0.198. The molecule has 0 saturated heterocycles. The van der Waals surface area contributed by atoms with Gasteiger partial charge in [-0.15, -0.1) is 0 Å². The first-order chi connectivity index (χ1) is 15.5. The predicted molar refractivity (Wildman–Crippen MR) is 125 cm³/mol. The Kier molecular flexibility index (Phi) is 7.76. The SMILES string of the molecule is CCCC(CCC)N(C(=O)O)c1ccc(Oc2ccnc3cc(OC)c(OC)cc23)cc1. The van der Waals surface area contributed by atoms with E-state index in [2.05, 4.69) is 18.8 Å². The maximum absolute atomic E-state index is 12.0. The van der Waals surface area contributed by atoms with Crippen LogP contribution >= 0.6 is 0 Å². The smallest absolute Gasteiger partial charge is 0.412 e. The first-order valence-corrected chi connectivity index (χ1v) is 10.8. The highest BCUT2D eigenvalue weighted by atomic mass is 16.5. The van der Waals surface area contributed by atoms with E-state index in [1.807, 2.05) is 6.07 Å². The standard InChI is InChI=1S/C25H30N2O5/c1-5-7-17(8-6-2)27(25(28)29)18-9-11-19(12-10-18)32-22-13-14-26-21-16-24(31-4)23(30-3)15-20(21)22/h9-17H,5-8H2,1-4H3,(H,28,29). The van der Waals surface area contributed by atoms with Crippen LogP contribution in [0.15, 0.2) is 48.7 Å². The van der Waals surface area contributed by atoms with Crippen LogP contribution in [0.5, 0.6) is 23.0 Å². The fourth-order valence-corrected chi connectivity index (χ4v) is 3.88. The van der Waals surface area contributed by atoms with Gasteiger partial charge in [-0.2, -0.15) is 0 Å². The molecule has 1 N–H and O–H groups in total. The molecule has 0 bridgehead atoms. The minimum absolute atomic E-state index is 0.0409. The van der Waals surface area contributed by atoms with Crippen molar-refractivity contribution in [3.05, 3.63) is 48.7 Å². The van der Waals surface area contributed by atoms with E-state index in [1.54, 1.807) is 56.8 Å². The average molecular weight is 439 g/mol. The molecule has 1 heterocycles. The van der Waals surface area contributed by atoms with Gasteiger partial charge in [-0.05, 0) is 49.2 Å². The molecule has 1 aromatic heterocycles. The van der Waals surface area contributed by atoms with E-state index >= 15 is 0 Å². The van der Waals surface area contributed by atoms with E-state index in [0.717, 1.165) is 36.6 Å². The minimum Gasteiger partial charge on any atom is -0.493 e. The van der Waals surface area contributed by atoms with Crippen LogP contribution in [0.2, 0.25) is 0 Å². The number of amides is 1. The maximum Gasteiger partial charge on any atom is 0.412 e. The summed E-state index contributed by atoms with van der Waals surface area (Å²) in [6.07, 6.45) is 4.24. The number of hydrogen-bond acceptors (Lipinski definition) is 5. The average Bonchev–Trinajstić information content (AvgIpc) is 2.79. The normalized spacial score (nSPS) is 10.9. The second-order valence-corrected chi connectivity index (χ2v) is 7.51. The van der Waals surface area contributed by atoms with Gasteiger partial charge in [0.15, 0.2) is 11.5 Å². The molecule has 0 spiro atoms. The zero-order chi connectivity index (χ0) is 23.1. The molecule has 0 fully saturated rings. The van der Waals surface area contributed by atoms with Crippen molar-refractivity contribution >= 4 is 22.7 Å². The number of pyridine rings is 1. The Labute approximate surface area is 188 Å². The Bertz CT molecular complexity index is 1050. The topological polar surface area (TPSA) is 81.1 Å². The first-order valence-electron chi connectivity index (χ1n) is 10.8. The number of benzene rings is 2. The summed E-state index contributed by atoms with van der Waals surface area (Å²) in [7, 11) is 3.16. The molecule has 0 atom stereocenters. The van der Waals surface area contributed by atoms with Crippen molar-refractivity contribution in [3.63, 3.8) is 0 Å². The van der Waals surface area contributed by atoms with Crippen LogP contribution in [0.4, 0.5) is 10.5 Å². The van der Waals surface area contributed by atoms with Crippen LogP contribution in [0.1, 0.15) is 39.5 Å². The Morgan fingerprint density at radius 2 is 1.59 bits per heavy atom. The number of hydrogen-bond donors (Lipinski definition) is 1. The fourth-order valence-electron chi connectivity index (χ4n) is 3.88. The van der Waals surface area contributed by atoms with Gasteiger partial charge in [0, 0.05) is 29.4 Å². The maximum atomic E-state index is 12.0. The molecule has 0 aliphatic carbocycles. The Morgan fingerprint density at radius 3 is 2.16 bits per heavy atom. The third kappa shape index (κ3) is 5.04. The van der Waals surface area contributed by atoms with Crippen molar-refractivity contribution in [1.29, 1.82) is 0 Å². The molecule has 7 heteroatoms. The van der Waals surface area contributed by atoms with Gasteiger partial charge in [0.1, 0.15) is 11.5 Å². The lowest BCUT2D eigenvalue weighted by Crippen LogP contribution is -2.39. The van der Waals surface area contributed by atoms with Gasteiger partial charge in [0.05, 0.1) is 19.7 Å². The summed E-state index contributed by atoms with van der Waals surface area (Å²) in [6, 6.07) is 12.5. The number of fused-ring (bicyclic) bond motifs is 1. The number of nitrogens with zero attached hydrogens (tertiary/aromatic N) is 2. The summed E-state index contributed by atoms with van der Waals surface area (Å²) in [5.74, 6) is 2.40. The minimum atomic E-state index is -0.938. The van der Waals surface area contributed by atoms with Crippen molar-refractivity contribution in [2.45, 2.75) is 45.6 Å². The van der Waals surface area contributed by atoms with Crippen LogP contribution in [-0.2, 0) is 0 Å². The van der Waals surface area contributed by atoms with Gasteiger partial charge in [0.25, 0.3) is 0 Å². The number of methoxy groups -OCH3 is 2. The summed E-state index contributed by atoms with van der Waals surface area (Å²) in [4.78, 5) is 17.9. The van der Waals surface area contributed by atoms with Crippen LogP contribution in [-0.4, -0.2) is 36.4 Å². The third-order valence-electron chi connectivity index (χ3n) is 5.36. The van der Waals surface area contributed by atoms with E-state index in [9.17, 15) is 9.90 Å². The number of carbonyl (C=O) groups is 1. The van der Waals surface area contributed by atoms with Gasteiger partial charge in [0.2, 0.25) is 0 Å². The molecule has 3 aromatic rings. The Morgan fingerprint density at radius 1 is 0.969 bits per heavy atom. The number of ether oxygens (including phenoxy) is 3. The summed E-state index contributed by atoms with van der Waals surface area (Å²) in [5.41, 5.74) is 1.36. The number of carboxylic acid groups (broad SMARTS) is 1. The molecule has 0 aliphatic rings. The predicted octanol–water partition coefficient (Wildman–Crippen LogP) is 6.50. The van der Waals surface area contributed by atoms with Crippen LogP contribution < -0.4 is 19.1 Å². The molecule has 3 rings (SSSR count). The highest BCUT2D eigenvalue weighted by Gasteiger charge is 2.23. The van der Waals surface area contributed by atoms with Crippen molar-refractivity contribution in [2.24, 2.45) is 0 Å². The molecular formula is C25H30N2O5. The molecule has 0 saturated carbocycles. The largest absolute Gasteiger partial charge is 0.493 e. The summed E-state index contributed by atoms with van der Waals surface area (Å²) >= 11 is 0. The summed E-state index contributed by atoms with van der Waals surface area (Å²) < 4.78 is 16.9. The molecule has 32 heavy (non-hydrogen) atoms. The molecule has 0 unspecified atom stereocenters. The quantitative estimate of drug-likeness (QED) is 0.389. The Balaban J connectivity index is 1.89. The van der Waals surface area contributed by atoms with E-state index in [-0.39, 0.29) is 6.04 Å². The highest BCUT2D eigenvalue weighted by Crippen LogP contribution is 2.37. The van der Waals surface area contributed by atoms with Crippen LogP contribution in [0.3, 0.4) is 0 Å². The lowest BCUT2D eigenvalue weighted by atomic mass is 10.0. The van der Waals surface area contributed by atoms with Gasteiger partial charge in [-0.1, -0.05) is 26.7 Å². The number of rotatable bonds is 10. The molecular weight excluding hydrogens is 408 g/mol. The van der Waals surface area contributed by atoms with Gasteiger partial charge in [-0.25, -0.2) is 4.79 Å². The zero-order valence-electron chi connectivity index (χ0n) is 19.0. The number of aromatic nitrogens is 1. The summed E-state index contributed by atoms with van der Waals surface area (Å²) in [5, 5.41) is 10.6. The van der Waals surface area contributed by atoms with Crippen molar-refractivity contribution in [2.75, 3.05) is 19.1 Å². The zero-order valence-corrected chi connectivity index (χ0v) is 19.0. The monoisotopic (exact) mass is 438 g/mol. The third-order valence-corrected chi connectivity index (χ3v) is 5.36. The second kappa shape index (κ2) is 10.7. The lowest BCUT2D eigenvalue weighted by Gasteiger charge is -2.29. The van der Waals surface area contributed by atoms with E-state index in [1.165, 1.54) is 4.90 Å². The molecule has 0 radical (unpaired) electrons. The van der Waals surface area contributed by atoms with Gasteiger partial charge < -0.3 is 19.3 Å². The molecule has 1 amide bonds. The van der Waals surface area contributed by atoms with Gasteiger partial charge in [-0.3, -0.25) is 9.88 Å². The van der Waals surface area contributed by atoms with E-state index in [0.29, 0.717) is 28.7 Å². The molecule has 7 nitrogen and oxygen atoms in total.